The fourth-order valence-corrected chi connectivity index (χ4v) is 1.32. The average molecular weight is 167 g/mol. The number of hydrogen-bond donors (Lipinski definition) is 0. The van der Waals surface area contributed by atoms with E-state index >= 15 is 0 Å². The first kappa shape index (κ1) is 6.41. The van der Waals surface area contributed by atoms with E-state index in [0.29, 0.717) is 6.54 Å². The number of nitrogens with zero attached hydrogens (tertiary/aromatic N) is 5. The summed E-state index contributed by atoms with van der Waals surface area (Å²) in [6.07, 6.45) is 3.39. The SMILES string of the molecule is c1ncc(Cn2cnnn2)s1. The van der Waals surface area contributed by atoms with Gasteiger partial charge in [-0.2, -0.15) is 0 Å². The summed E-state index contributed by atoms with van der Waals surface area (Å²) >= 11 is 1.59. The Hall–Kier alpha value is -1.30. The van der Waals surface area contributed by atoms with Crippen molar-refractivity contribution < 1.29 is 0 Å². The van der Waals surface area contributed by atoms with Crippen molar-refractivity contribution in [2.75, 3.05) is 0 Å². The zero-order valence-electron chi connectivity index (χ0n) is 5.58. The van der Waals surface area contributed by atoms with Crippen LogP contribution in [-0.2, 0) is 6.54 Å². The van der Waals surface area contributed by atoms with Gasteiger partial charge < -0.3 is 0 Å². The largest absolute Gasteiger partial charge is 0.253 e. The second kappa shape index (κ2) is 2.75. The molecule has 2 heterocycles. The first-order valence-corrected chi connectivity index (χ1v) is 3.91. The molecular weight excluding hydrogens is 162 g/mol. The molecule has 0 unspecified atom stereocenters. The molecule has 0 spiro atoms. The Balaban J connectivity index is 2.14. The molecule has 0 fully saturated rings. The summed E-state index contributed by atoms with van der Waals surface area (Å²) in [4.78, 5) is 5.09. The highest BCUT2D eigenvalue weighted by Gasteiger charge is 1.96. The molecule has 0 aromatic carbocycles. The maximum absolute atomic E-state index is 3.94. The van der Waals surface area contributed by atoms with Gasteiger partial charge in [0.05, 0.1) is 12.1 Å². The number of rotatable bonds is 2. The molecule has 11 heavy (non-hydrogen) atoms. The van der Waals surface area contributed by atoms with Crippen LogP contribution in [0.25, 0.3) is 0 Å². The van der Waals surface area contributed by atoms with Crippen LogP contribution in [0.15, 0.2) is 18.0 Å². The van der Waals surface area contributed by atoms with E-state index in [9.17, 15) is 0 Å². The third-order valence-electron chi connectivity index (χ3n) is 1.19. The Labute approximate surface area is 66.7 Å². The highest BCUT2D eigenvalue weighted by molar-refractivity contribution is 7.09. The lowest BCUT2D eigenvalue weighted by Gasteiger charge is -1.91. The maximum atomic E-state index is 3.94. The van der Waals surface area contributed by atoms with Crippen LogP contribution in [0.1, 0.15) is 4.88 Å². The average Bonchev–Trinajstić information content (AvgIpc) is 2.60. The van der Waals surface area contributed by atoms with Gasteiger partial charge in [0.1, 0.15) is 6.33 Å². The predicted molar refractivity (Wildman–Crippen MR) is 39.0 cm³/mol. The Bertz CT molecular complexity index is 267. The lowest BCUT2D eigenvalue weighted by Crippen LogP contribution is -1.98. The number of hydrogen-bond acceptors (Lipinski definition) is 5. The monoisotopic (exact) mass is 167 g/mol. The lowest BCUT2D eigenvalue weighted by molar-refractivity contribution is 0.653. The summed E-state index contributed by atoms with van der Waals surface area (Å²) in [6.45, 7) is 0.706. The predicted octanol–water partition coefficient (Wildman–Crippen LogP) is 0.178. The van der Waals surface area contributed by atoms with Crippen LogP contribution >= 0.6 is 11.3 Å². The van der Waals surface area contributed by atoms with Gasteiger partial charge in [-0.25, -0.2) is 4.68 Å². The summed E-state index contributed by atoms with van der Waals surface area (Å²) < 4.78 is 1.66. The van der Waals surface area contributed by atoms with Crippen LogP contribution in [0.5, 0.6) is 0 Å². The topological polar surface area (TPSA) is 56.5 Å². The van der Waals surface area contributed by atoms with Gasteiger partial charge in [-0.1, -0.05) is 0 Å². The second-order valence-electron chi connectivity index (χ2n) is 1.98. The van der Waals surface area contributed by atoms with E-state index in [1.807, 2.05) is 6.20 Å². The van der Waals surface area contributed by atoms with Crippen LogP contribution in [-0.4, -0.2) is 25.2 Å². The maximum Gasteiger partial charge on any atom is 0.138 e. The van der Waals surface area contributed by atoms with E-state index in [0.717, 1.165) is 4.88 Å². The Morgan fingerprint density at radius 3 is 3.18 bits per heavy atom. The van der Waals surface area contributed by atoms with Crippen molar-refractivity contribution in [1.29, 1.82) is 0 Å². The fourth-order valence-electron chi connectivity index (χ4n) is 0.733. The molecule has 2 rings (SSSR count). The van der Waals surface area contributed by atoms with Gasteiger partial charge in [-0.05, 0) is 10.4 Å². The summed E-state index contributed by atoms with van der Waals surface area (Å²) in [5.41, 5.74) is 1.79. The van der Waals surface area contributed by atoms with Crippen molar-refractivity contribution in [2.24, 2.45) is 0 Å². The third kappa shape index (κ3) is 1.40. The van der Waals surface area contributed by atoms with E-state index in [1.54, 1.807) is 27.9 Å². The minimum Gasteiger partial charge on any atom is -0.253 e. The van der Waals surface area contributed by atoms with E-state index in [-0.39, 0.29) is 0 Å². The van der Waals surface area contributed by atoms with Crippen LogP contribution < -0.4 is 0 Å². The van der Waals surface area contributed by atoms with Crippen LogP contribution in [0.2, 0.25) is 0 Å². The van der Waals surface area contributed by atoms with Crippen LogP contribution in [0, 0.1) is 0 Å². The first-order chi connectivity index (χ1) is 5.45. The lowest BCUT2D eigenvalue weighted by atomic mass is 10.5. The standard InChI is InChI=1S/C5H5N5S/c1-5(11-4-6-1)2-10-3-7-8-9-10/h1,3-4H,2H2. The minimum atomic E-state index is 0.706. The molecule has 0 radical (unpaired) electrons. The van der Waals surface area contributed by atoms with Crippen LogP contribution in [0.3, 0.4) is 0 Å². The highest BCUT2D eigenvalue weighted by atomic mass is 32.1. The summed E-state index contributed by atoms with van der Waals surface area (Å²) in [6, 6.07) is 0. The van der Waals surface area contributed by atoms with Gasteiger partial charge in [-0.3, -0.25) is 4.98 Å². The Morgan fingerprint density at radius 1 is 1.55 bits per heavy atom. The molecule has 5 nitrogen and oxygen atoms in total. The van der Waals surface area contributed by atoms with E-state index in [4.69, 9.17) is 0 Å². The number of tetrazole rings is 1. The van der Waals surface area contributed by atoms with E-state index < -0.39 is 0 Å². The zero-order chi connectivity index (χ0) is 7.52. The van der Waals surface area contributed by atoms with Crippen molar-refractivity contribution in [2.45, 2.75) is 6.54 Å². The quantitative estimate of drug-likeness (QED) is 0.640. The van der Waals surface area contributed by atoms with Crippen LogP contribution in [0.4, 0.5) is 0 Å². The minimum absolute atomic E-state index is 0.706. The second-order valence-corrected chi connectivity index (χ2v) is 2.95. The molecule has 0 aliphatic heterocycles. The number of thiazole rings is 1. The van der Waals surface area contributed by atoms with Gasteiger partial charge in [0.25, 0.3) is 0 Å². The third-order valence-corrected chi connectivity index (χ3v) is 1.96. The zero-order valence-corrected chi connectivity index (χ0v) is 6.40. The Morgan fingerprint density at radius 2 is 2.55 bits per heavy atom. The normalized spacial score (nSPS) is 10.2. The van der Waals surface area contributed by atoms with Gasteiger partial charge in [0, 0.05) is 11.1 Å². The van der Waals surface area contributed by atoms with Gasteiger partial charge >= 0.3 is 0 Å². The molecule has 0 saturated heterocycles. The molecular formula is C5H5N5S. The summed E-state index contributed by atoms with van der Waals surface area (Å²) in [5.74, 6) is 0. The van der Waals surface area contributed by atoms with Crippen molar-refractivity contribution in [3.8, 4) is 0 Å². The van der Waals surface area contributed by atoms with E-state index in [1.165, 1.54) is 0 Å². The molecule has 56 valence electrons. The number of aromatic nitrogens is 5. The van der Waals surface area contributed by atoms with Crippen molar-refractivity contribution in [1.82, 2.24) is 25.2 Å². The summed E-state index contributed by atoms with van der Waals surface area (Å²) in [5, 5.41) is 10.8. The smallest absolute Gasteiger partial charge is 0.138 e. The molecule has 0 aliphatic carbocycles. The summed E-state index contributed by atoms with van der Waals surface area (Å²) in [7, 11) is 0. The molecule has 0 N–H and O–H groups in total. The van der Waals surface area contributed by atoms with Gasteiger partial charge in [0.15, 0.2) is 0 Å². The van der Waals surface area contributed by atoms with Gasteiger partial charge in [-0.15, -0.1) is 16.4 Å². The van der Waals surface area contributed by atoms with Crippen molar-refractivity contribution >= 4 is 11.3 Å². The molecule has 6 heteroatoms. The van der Waals surface area contributed by atoms with Crippen molar-refractivity contribution in [3.05, 3.63) is 22.9 Å². The van der Waals surface area contributed by atoms with Gasteiger partial charge in [0.2, 0.25) is 0 Å². The highest BCUT2D eigenvalue weighted by Crippen LogP contribution is 2.05. The molecule has 0 aliphatic rings. The fraction of sp³-hybridized carbons (Fsp3) is 0.200. The molecule has 0 saturated carbocycles. The molecule has 2 aromatic rings. The molecule has 2 aromatic heterocycles. The first-order valence-electron chi connectivity index (χ1n) is 3.03. The molecule has 0 bridgehead atoms. The molecule has 0 atom stereocenters. The molecule has 0 amide bonds. The van der Waals surface area contributed by atoms with E-state index in [2.05, 4.69) is 20.5 Å². The Kier molecular flexibility index (Phi) is 1.60. The van der Waals surface area contributed by atoms with Crippen molar-refractivity contribution in [3.63, 3.8) is 0 Å².